The number of ether oxygens (including phenoxy) is 1. The normalized spacial score (nSPS) is 12.9. The van der Waals surface area contributed by atoms with Crippen molar-refractivity contribution in [1.29, 1.82) is 0 Å². The van der Waals surface area contributed by atoms with Gasteiger partial charge in [-0.05, 0) is 17.7 Å². The van der Waals surface area contributed by atoms with Crippen LogP contribution < -0.4 is 5.73 Å². The van der Waals surface area contributed by atoms with Crippen LogP contribution in [-0.4, -0.2) is 27.2 Å². The Hall–Kier alpha value is -1.21. The molecule has 0 aliphatic rings. The summed E-state index contributed by atoms with van der Waals surface area (Å²) in [6.45, 7) is 0. The van der Waals surface area contributed by atoms with Gasteiger partial charge in [0.25, 0.3) is 0 Å². The van der Waals surface area contributed by atoms with E-state index < -0.39 is 6.29 Å². The van der Waals surface area contributed by atoms with Gasteiger partial charge in [-0.2, -0.15) is 4.98 Å². The molecule has 6 nitrogen and oxygen atoms in total. The molecule has 90 valence electrons. The van der Waals surface area contributed by atoms with Gasteiger partial charge in [0.15, 0.2) is 12.1 Å². The van der Waals surface area contributed by atoms with Gasteiger partial charge in [-0.15, -0.1) is 0 Å². The van der Waals surface area contributed by atoms with Gasteiger partial charge in [0.2, 0.25) is 5.28 Å². The SMILES string of the molecule is COC(O)c1cc(Cl)c2nc(Cl)nc(N)c2n1. The molecule has 0 aliphatic heterocycles. The Kier molecular flexibility index (Phi) is 3.30. The second kappa shape index (κ2) is 4.58. The molecule has 0 amide bonds. The molecule has 1 atom stereocenters. The van der Waals surface area contributed by atoms with E-state index in [0.717, 1.165) is 0 Å². The van der Waals surface area contributed by atoms with Gasteiger partial charge in [-0.1, -0.05) is 11.6 Å². The Morgan fingerprint density at radius 2 is 2.00 bits per heavy atom. The Balaban J connectivity index is 2.73. The number of halogens is 2. The van der Waals surface area contributed by atoms with Crippen LogP contribution in [0.2, 0.25) is 10.3 Å². The Morgan fingerprint density at radius 1 is 1.29 bits per heavy atom. The van der Waals surface area contributed by atoms with Crippen LogP contribution in [0.25, 0.3) is 11.0 Å². The van der Waals surface area contributed by atoms with E-state index in [-0.39, 0.29) is 27.3 Å². The fraction of sp³-hybridized carbons (Fsp3) is 0.222. The molecule has 0 bridgehead atoms. The minimum absolute atomic E-state index is 0.0151. The van der Waals surface area contributed by atoms with Gasteiger partial charge < -0.3 is 15.6 Å². The number of aromatic nitrogens is 3. The Morgan fingerprint density at radius 3 is 2.65 bits per heavy atom. The summed E-state index contributed by atoms with van der Waals surface area (Å²) in [5.41, 5.74) is 6.48. The minimum Gasteiger partial charge on any atom is -0.382 e. The molecule has 2 heterocycles. The van der Waals surface area contributed by atoms with Crippen molar-refractivity contribution < 1.29 is 9.84 Å². The fourth-order valence-electron chi connectivity index (χ4n) is 1.33. The third kappa shape index (κ3) is 2.25. The monoisotopic (exact) mass is 274 g/mol. The zero-order valence-electron chi connectivity index (χ0n) is 8.69. The lowest BCUT2D eigenvalue weighted by molar-refractivity contribution is -0.0796. The number of hydrogen-bond acceptors (Lipinski definition) is 6. The molecule has 17 heavy (non-hydrogen) atoms. The first-order valence-corrected chi connectivity index (χ1v) is 5.28. The van der Waals surface area contributed by atoms with Crippen LogP contribution in [0.4, 0.5) is 5.82 Å². The highest BCUT2D eigenvalue weighted by atomic mass is 35.5. The highest BCUT2D eigenvalue weighted by molar-refractivity contribution is 6.35. The average molecular weight is 275 g/mol. The van der Waals surface area contributed by atoms with Crippen molar-refractivity contribution in [3.05, 3.63) is 22.1 Å². The van der Waals surface area contributed by atoms with Gasteiger partial charge in [0.05, 0.1) is 10.7 Å². The van der Waals surface area contributed by atoms with E-state index in [1.807, 2.05) is 0 Å². The number of nitrogens with zero attached hydrogens (tertiary/aromatic N) is 3. The summed E-state index contributed by atoms with van der Waals surface area (Å²) >= 11 is 11.7. The van der Waals surface area contributed by atoms with Crippen LogP contribution in [-0.2, 0) is 4.74 Å². The lowest BCUT2D eigenvalue weighted by Gasteiger charge is -2.10. The van der Waals surface area contributed by atoms with Crippen molar-refractivity contribution in [2.45, 2.75) is 6.29 Å². The quantitative estimate of drug-likeness (QED) is 0.638. The predicted octanol–water partition coefficient (Wildman–Crippen LogP) is 1.55. The van der Waals surface area contributed by atoms with E-state index in [0.29, 0.717) is 5.52 Å². The average Bonchev–Trinajstić information content (AvgIpc) is 2.29. The van der Waals surface area contributed by atoms with E-state index in [2.05, 4.69) is 15.0 Å². The Bertz CT molecular complexity index is 578. The number of methoxy groups -OCH3 is 1. The molecule has 0 saturated carbocycles. The molecule has 1 unspecified atom stereocenters. The topological polar surface area (TPSA) is 94.2 Å². The highest BCUT2D eigenvalue weighted by Gasteiger charge is 2.15. The van der Waals surface area contributed by atoms with Crippen molar-refractivity contribution in [2.24, 2.45) is 0 Å². The number of anilines is 1. The maximum atomic E-state index is 9.51. The molecule has 0 aromatic carbocycles. The molecule has 0 fully saturated rings. The van der Waals surface area contributed by atoms with Gasteiger partial charge >= 0.3 is 0 Å². The van der Waals surface area contributed by atoms with E-state index in [9.17, 15) is 5.11 Å². The molecule has 2 aromatic heterocycles. The van der Waals surface area contributed by atoms with Gasteiger partial charge in [-0.25, -0.2) is 9.97 Å². The second-order valence-corrected chi connectivity index (χ2v) is 3.94. The van der Waals surface area contributed by atoms with Crippen LogP contribution in [0.5, 0.6) is 0 Å². The fourth-order valence-corrected chi connectivity index (χ4v) is 1.75. The zero-order chi connectivity index (χ0) is 12.6. The van der Waals surface area contributed by atoms with E-state index >= 15 is 0 Å². The molecule has 0 spiro atoms. The third-order valence-electron chi connectivity index (χ3n) is 2.10. The first-order chi connectivity index (χ1) is 8.02. The first-order valence-electron chi connectivity index (χ1n) is 4.53. The maximum Gasteiger partial charge on any atom is 0.225 e. The molecule has 2 aromatic rings. The van der Waals surface area contributed by atoms with Crippen molar-refractivity contribution in [2.75, 3.05) is 12.8 Å². The maximum absolute atomic E-state index is 9.51. The molecular weight excluding hydrogens is 267 g/mol. The van der Waals surface area contributed by atoms with Crippen molar-refractivity contribution in [1.82, 2.24) is 15.0 Å². The Labute approximate surface area is 106 Å². The second-order valence-electron chi connectivity index (χ2n) is 3.19. The number of aliphatic hydroxyl groups is 1. The van der Waals surface area contributed by atoms with Crippen LogP contribution in [0.1, 0.15) is 12.0 Å². The predicted molar refractivity (Wildman–Crippen MR) is 63.7 cm³/mol. The number of aliphatic hydroxyl groups excluding tert-OH is 1. The lowest BCUT2D eigenvalue weighted by atomic mass is 10.3. The van der Waals surface area contributed by atoms with E-state index in [1.165, 1.54) is 13.2 Å². The van der Waals surface area contributed by atoms with Crippen LogP contribution >= 0.6 is 23.2 Å². The van der Waals surface area contributed by atoms with Gasteiger partial charge in [0.1, 0.15) is 11.0 Å². The van der Waals surface area contributed by atoms with E-state index in [4.69, 9.17) is 33.7 Å². The van der Waals surface area contributed by atoms with Crippen molar-refractivity contribution in [3.8, 4) is 0 Å². The molecular formula is C9H8Cl2N4O2. The number of rotatable bonds is 2. The summed E-state index contributed by atoms with van der Waals surface area (Å²) in [6.07, 6.45) is -1.19. The summed E-state index contributed by atoms with van der Waals surface area (Å²) in [5, 5.41) is 9.75. The van der Waals surface area contributed by atoms with Gasteiger partial charge in [-0.3, -0.25) is 0 Å². The number of nitrogen functional groups attached to an aromatic ring is 1. The lowest BCUT2D eigenvalue weighted by Crippen LogP contribution is -2.05. The van der Waals surface area contributed by atoms with Crippen LogP contribution in [0.15, 0.2) is 6.07 Å². The van der Waals surface area contributed by atoms with Crippen molar-refractivity contribution >= 4 is 40.1 Å². The number of nitrogens with two attached hydrogens (primary N) is 1. The summed E-state index contributed by atoms with van der Waals surface area (Å²) in [7, 11) is 1.34. The highest BCUT2D eigenvalue weighted by Crippen LogP contribution is 2.27. The number of fused-ring (bicyclic) bond motifs is 1. The number of hydrogen-bond donors (Lipinski definition) is 2. The summed E-state index contributed by atoms with van der Waals surface area (Å²) < 4.78 is 4.73. The molecule has 3 N–H and O–H groups in total. The summed E-state index contributed by atoms with van der Waals surface area (Å²) in [6, 6.07) is 1.43. The molecule has 0 aliphatic carbocycles. The molecule has 2 rings (SSSR count). The van der Waals surface area contributed by atoms with E-state index in [1.54, 1.807) is 0 Å². The molecule has 0 saturated heterocycles. The smallest absolute Gasteiger partial charge is 0.225 e. The van der Waals surface area contributed by atoms with Crippen molar-refractivity contribution in [3.63, 3.8) is 0 Å². The number of pyridine rings is 1. The minimum atomic E-state index is -1.19. The summed E-state index contributed by atoms with van der Waals surface area (Å²) in [4.78, 5) is 11.8. The zero-order valence-corrected chi connectivity index (χ0v) is 10.2. The van der Waals surface area contributed by atoms with Gasteiger partial charge in [0, 0.05) is 7.11 Å². The first kappa shape index (κ1) is 12.3. The molecule has 8 heteroatoms. The molecule has 0 radical (unpaired) electrons. The van der Waals surface area contributed by atoms with Crippen LogP contribution in [0, 0.1) is 0 Å². The standard InChI is InChI=1S/C9H8Cl2N4O2/c1-17-8(16)4-2-3(10)5-6(13-4)7(12)15-9(11)14-5/h2,8,16H,1H3,(H2,12,14,15). The largest absolute Gasteiger partial charge is 0.382 e. The third-order valence-corrected chi connectivity index (χ3v) is 2.56. The van der Waals surface area contributed by atoms with Crippen LogP contribution in [0.3, 0.4) is 0 Å². The summed E-state index contributed by atoms with van der Waals surface area (Å²) in [5.74, 6) is 0.0899.